The van der Waals surface area contributed by atoms with Crippen LogP contribution in [0.4, 0.5) is 0 Å². The summed E-state index contributed by atoms with van der Waals surface area (Å²) in [6.45, 7) is 0. The van der Waals surface area contributed by atoms with Crippen LogP contribution >= 0.6 is 0 Å². The minimum Gasteiger partial charge on any atom is -0.744 e. The predicted molar refractivity (Wildman–Crippen MR) is 89.3 cm³/mol. The molecule has 162 valence electrons. The van der Waals surface area contributed by atoms with E-state index >= 15 is 0 Å². The Labute approximate surface area is 275 Å². The van der Waals surface area contributed by atoms with E-state index < -0.39 is 41.6 Å². The van der Waals surface area contributed by atoms with Crippen LogP contribution in [0.25, 0.3) is 0 Å². The van der Waals surface area contributed by atoms with Crippen molar-refractivity contribution >= 4 is 42.5 Å². The molecule has 0 radical (unpaired) electrons. The van der Waals surface area contributed by atoms with Gasteiger partial charge in [0.2, 0.25) is 20.8 Å². The second kappa shape index (κ2) is 14.1. The van der Waals surface area contributed by atoms with E-state index in [2.05, 4.69) is 8.67 Å². The Morgan fingerprint density at radius 3 is 1.33 bits per heavy atom. The molecule has 0 amide bonds. The quantitative estimate of drug-likeness (QED) is 0.0944. The first-order chi connectivity index (χ1) is 13.6. The average molecular weight is 564 g/mol. The molecule has 1 aliphatic carbocycles. The Bertz CT molecular complexity index is 1320. The molecule has 2 aromatic rings. The first-order valence-electron chi connectivity index (χ1n) is 7.18. The molecule has 0 aromatic heterocycles. The molecule has 13 nitrogen and oxygen atoms in total. The summed E-state index contributed by atoms with van der Waals surface area (Å²) in [5.74, 6) is -0.814. The average Bonchev–Trinajstić information content (AvgIpc) is 2.63. The van der Waals surface area contributed by atoms with Crippen molar-refractivity contribution in [1.82, 2.24) is 0 Å². The third-order valence-electron chi connectivity index (χ3n) is 3.38. The van der Waals surface area contributed by atoms with Crippen LogP contribution in [0, 0.1) is 0 Å². The number of carbonyl (C=O) groups excluding carboxylic acids is 2. The van der Waals surface area contributed by atoms with E-state index in [0.717, 1.165) is 12.1 Å². The molecule has 0 N–H and O–H groups in total. The second-order valence-electron chi connectivity index (χ2n) is 5.32. The number of hydrogen-bond acceptors (Lipinski definition) is 13. The minimum absolute atomic E-state index is 0. The topological polar surface area (TPSA) is 224 Å². The number of rotatable bonds is 4. The fourth-order valence-electron chi connectivity index (χ4n) is 2.30. The maximum Gasteiger partial charge on any atom is 1.00 e. The van der Waals surface area contributed by atoms with Gasteiger partial charge >= 0.3 is 110 Å². The zero-order valence-corrected chi connectivity index (χ0v) is 26.6. The molecule has 1 aliphatic rings. The molecule has 0 fully saturated rings. The number of ketones is 2. The van der Waals surface area contributed by atoms with Gasteiger partial charge in [-0.25, -0.2) is 25.3 Å². The Morgan fingerprint density at radius 2 is 0.970 bits per heavy atom. The summed E-state index contributed by atoms with van der Waals surface area (Å²) in [6.07, 6.45) is 0. The third kappa shape index (κ3) is 10.9. The molecule has 2 aromatic carbocycles. The molecule has 33 heavy (non-hydrogen) atoms. The van der Waals surface area contributed by atoms with Gasteiger partial charge in [0.1, 0.15) is 10.1 Å². The summed E-state index contributed by atoms with van der Waals surface area (Å²) in [6, 6.07) is 9.51. The first-order valence-corrected chi connectivity index (χ1v) is 11.3. The second-order valence-corrected chi connectivity index (χ2v) is 8.60. The molecule has 0 saturated carbocycles. The van der Waals surface area contributed by atoms with Gasteiger partial charge in [0.25, 0.3) is 0 Å². The van der Waals surface area contributed by atoms with Crippen LogP contribution in [0.2, 0.25) is 0 Å². The molecule has 0 aliphatic heterocycles. The van der Waals surface area contributed by atoms with Crippen LogP contribution in [0.3, 0.4) is 0 Å². The first kappa shape index (κ1) is 36.2. The van der Waals surface area contributed by atoms with E-state index in [4.69, 9.17) is 0 Å². The van der Waals surface area contributed by atoms with Gasteiger partial charge in [-0.05, 0) is 18.2 Å². The standard InChI is InChI=1S/C14H8O5S.K.2Na.H2O8S2/c15-13-9-3-1-2-4-10(9)14(16)12-7-8(20(17,18)19)5-6-11(12)13;;;;1-9(2,3)7-8-10(4,5)6/h1-7H,(H,17,18,19);;;;(H,1,2,3)(H,4,5,6)/q;3*+1;/p-3. The molecule has 0 saturated heterocycles. The van der Waals surface area contributed by atoms with Gasteiger partial charge in [0.15, 0.2) is 11.6 Å². The van der Waals surface area contributed by atoms with Crippen molar-refractivity contribution in [1.29, 1.82) is 0 Å². The summed E-state index contributed by atoms with van der Waals surface area (Å²) in [7, 11) is -15.3. The van der Waals surface area contributed by atoms with Crippen LogP contribution < -0.4 is 110 Å². The van der Waals surface area contributed by atoms with Crippen molar-refractivity contribution in [3.05, 3.63) is 64.7 Å². The van der Waals surface area contributed by atoms with Crippen molar-refractivity contribution in [2.45, 2.75) is 4.90 Å². The molecule has 0 unspecified atom stereocenters. The van der Waals surface area contributed by atoms with Gasteiger partial charge in [-0.3, -0.25) is 9.59 Å². The molecule has 3 rings (SSSR count). The van der Waals surface area contributed by atoms with Crippen molar-refractivity contribution in [2.24, 2.45) is 0 Å². The van der Waals surface area contributed by atoms with E-state index in [9.17, 15) is 48.5 Å². The maximum absolute atomic E-state index is 12.3. The van der Waals surface area contributed by atoms with Gasteiger partial charge in [-0.1, -0.05) is 24.3 Å². The Balaban J connectivity index is 0. The van der Waals surface area contributed by atoms with Gasteiger partial charge in [0, 0.05) is 22.3 Å². The van der Waals surface area contributed by atoms with Crippen molar-refractivity contribution < 1.29 is 168 Å². The van der Waals surface area contributed by atoms with Crippen LogP contribution in [-0.4, -0.2) is 50.5 Å². The summed E-state index contributed by atoms with van der Waals surface area (Å²) < 4.78 is 94.5. The van der Waals surface area contributed by atoms with E-state index in [1.807, 2.05) is 0 Å². The van der Waals surface area contributed by atoms with E-state index in [1.165, 1.54) is 18.2 Å². The van der Waals surface area contributed by atoms with E-state index in [1.54, 1.807) is 12.1 Å². The zero-order chi connectivity index (χ0) is 22.9. The fraction of sp³-hybridized carbons (Fsp3) is 0. The van der Waals surface area contributed by atoms with Crippen LogP contribution in [-0.2, 0) is 39.6 Å². The van der Waals surface area contributed by atoms with E-state index in [0.29, 0.717) is 0 Å². The maximum atomic E-state index is 12.3. The smallest absolute Gasteiger partial charge is 0.744 e. The van der Waals surface area contributed by atoms with E-state index in [-0.39, 0.29) is 139 Å². The van der Waals surface area contributed by atoms with Gasteiger partial charge in [-0.15, -0.1) is 8.67 Å². The minimum atomic E-state index is -5.31. The Kier molecular flexibility index (Phi) is 15.5. The molecule has 0 heterocycles. The summed E-state index contributed by atoms with van der Waals surface area (Å²) in [5.41, 5.74) is 0.555. The van der Waals surface area contributed by atoms with Crippen molar-refractivity contribution in [3.8, 4) is 0 Å². The van der Waals surface area contributed by atoms with Crippen LogP contribution in [0.1, 0.15) is 31.8 Å². The molecule has 0 atom stereocenters. The summed E-state index contributed by atoms with van der Waals surface area (Å²) in [4.78, 5) is 24.0. The number of benzene rings is 2. The van der Waals surface area contributed by atoms with Crippen molar-refractivity contribution in [2.75, 3.05) is 0 Å². The van der Waals surface area contributed by atoms with Crippen LogP contribution in [0.15, 0.2) is 47.4 Å². The molecule has 19 heteroatoms. The van der Waals surface area contributed by atoms with Crippen LogP contribution in [0.5, 0.6) is 0 Å². The fourth-order valence-corrected chi connectivity index (χ4v) is 3.34. The van der Waals surface area contributed by atoms with Gasteiger partial charge in [0.05, 0.1) is 4.90 Å². The number of carbonyl (C=O) groups is 2. The SMILES string of the molecule is O=C1c2ccccc2C(=O)c2cc(S(=O)(=O)[O-])ccc21.O=S(=O)([O-])OOS(=O)(=O)[O-].[K+].[Na+].[Na+]. The monoisotopic (exact) mass is 564 g/mol. The number of fused-ring (bicyclic) bond motifs is 2. The Morgan fingerprint density at radius 1 is 0.606 bits per heavy atom. The molecule has 0 spiro atoms. The van der Waals surface area contributed by atoms with Crippen molar-refractivity contribution in [3.63, 3.8) is 0 Å². The largest absolute Gasteiger partial charge is 1.00 e. The molecule has 0 bridgehead atoms. The number of hydrogen-bond donors (Lipinski definition) is 0. The van der Waals surface area contributed by atoms with Gasteiger partial charge in [-0.2, -0.15) is 0 Å². The zero-order valence-electron chi connectivity index (χ0n) is 17.1. The summed E-state index contributed by atoms with van der Waals surface area (Å²) >= 11 is 0. The Hall–Kier alpha value is 1.07. The molecular weight excluding hydrogens is 557 g/mol. The normalized spacial score (nSPS) is 12.5. The third-order valence-corrected chi connectivity index (χ3v) is 4.77. The predicted octanol–water partition coefficient (Wildman–Crippen LogP) is -9.77. The summed E-state index contributed by atoms with van der Waals surface area (Å²) in [5, 5.41) is 0. The molecular formula is C14H7KNa2O13S3. The van der Waals surface area contributed by atoms with Gasteiger partial charge < -0.3 is 13.7 Å².